The van der Waals surface area contributed by atoms with Crippen molar-refractivity contribution in [2.24, 2.45) is 21.7 Å². The third-order valence-electron chi connectivity index (χ3n) is 2.34. The second-order valence-electron chi connectivity index (χ2n) is 3.76. The number of aromatic nitrogens is 1. The summed E-state index contributed by atoms with van der Waals surface area (Å²) in [5.41, 5.74) is 11.3. The van der Waals surface area contributed by atoms with Crippen LogP contribution in [0, 0.1) is 0 Å². The van der Waals surface area contributed by atoms with Crippen LogP contribution < -0.4 is 11.5 Å². The molecule has 0 unspecified atom stereocenters. The van der Waals surface area contributed by atoms with Gasteiger partial charge in [0.1, 0.15) is 5.75 Å². The van der Waals surface area contributed by atoms with Crippen molar-refractivity contribution in [2.45, 2.75) is 0 Å². The number of benzene rings is 1. The van der Waals surface area contributed by atoms with Crippen LogP contribution in [0.3, 0.4) is 0 Å². The van der Waals surface area contributed by atoms with Gasteiger partial charge in [-0.2, -0.15) is 5.10 Å². The molecule has 0 spiro atoms. The van der Waals surface area contributed by atoms with Gasteiger partial charge in [0.15, 0.2) is 5.88 Å². The first kappa shape index (κ1) is 12.5. The van der Waals surface area contributed by atoms with Crippen LogP contribution >= 0.6 is 0 Å². The molecule has 0 saturated heterocycles. The minimum absolute atomic E-state index is 0.0346. The predicted octanol–water partition coefficient (Wildman–Crippen LogP) is 0.496. The van der Waals surface area contributed by atoms with Gasteiger partial charge < -0.3 is 21.7 Å². The molecule has 7 heteroatoms. The van der Waals surface area contributed by atoms with Crippen LogP contribution in [0.25, 0.3) is 5.69 Å². The maximum atomic E-state index is 9.82. The first-order valence-corrected chi connectivity index (χ1v) is 5.39. The molecule has 19 heavy (non-hydrogen) atoms. The molecule has 6 N–H and O–H groups in total. The fraction of sp³-hybridized carbons (Fsp3) is 0. The Morgan fingerprint density at radius 2 is 1.95 bits per heavy atom. The largest absolute Gasteiger partial charge is 0.506 e. The van der Waals surface area contributed by atoms with Gasteiger partial charge >= 0.3 is 0 Å². The van der Waals surface area contributed by atoms with E-state index in [-0.39, 0.29) is 17.6 Å². The number of para-hydroxylation sites is 2. The van der Waals surface area contributed by atoms with E-state index in [9.17, 15) is 10.2 Å². The van der Waals surface area contributed by atoms with Crippen molar-refractivity contribution < 1.29 is 10.2 Å². The van der Waals surface area contributed by atoms with E-state index in [2.05, 4.69) is 10.2 Å². The summed E-state index contributed by atoms with van der Waals surface area (Å²) >= 11 is 0. The summed E-state index contributed by atoms with van der Waals surface area (Å²) in [5.74, 6) is -0.130. The summed E-state index contributed by atoms with van der Waals surface area (Å²) < 4.78 is 1.42. The van der Waals surface area contributed by atoms with E-state index in [4.69, 9.17) is 11.5 Å². The van der Waals surface area contributed by atoms with Crippen molar-refractivity contribution in [2.75, 3.05) is 0 Å². The van der Waals surface area contributed by atoms with Gasteiger partial charge in [-0.3, -0.25) is 4.57 Å². The van der Waals surface area contributed by atoms with E-state index in [0.29, 0.717) is 11.3 Å². The highest BCUT2D eigenvalue weighted by molar-refractivity contribution is 5.82. The van der Waals surface area contributed by atoms with E-state index < -0.39 is 0 Å². The minimum atomic E-state index is -0.152. The number of nitrogens with two attached hydrogens (primary N) is 2. The van der Waals surface area contributed by atoms with E-state index in [1.807, 2.05) is 0 Å². The van der Waals surface area contributed by atoms with Gasteiger partial charge in [-0.1, -0.05) is 12.1 Å². The number of aromatic hydroxyl groups is 2. The maximum absolute atomic E-state index is 9.82. The molecule has 2 aromatic rings. The van der Waals surface area contributed by atoms with Crippen LogP contribution in [0.1, 0.15) is 5.56 Å². The zero-order chi connectivity index (χ0) is 13.8. The Labute approximate surface area is 109 Å². The van der Waals surface area contributed by atoms with Gasteiger partial charge in [0.2, 0.25) is 5.96 Å². The average molecular weight is 259 g/mol. The van der Waals surface area contributed by atoms with Crippen molar-refractivity contribution in [1.29, 1.82) is 0 Å². The number of rotatable bonds is 3. The van der Waals surface area contributed by atoms with Crippen LogP contribution in [0.5, 0.6) is 11.6 Å². The topological polar surface area (TPSA) is 122 Å². The molecule has 0 bridgehead atoms. The molecule has 0 radical (unpaired) electrons. The predicted molar refractivity (Wildman–Crippen MR) is 72.5 cm³/mol. The Morgan fingerprint density at radius 3 is 2.63 bits per heavy atom. The lowest BCUT2D eigenvalue weighted by Gasteiger charge is -2.06. The SMILES string of the molecule is NC(N)=NN=Cc1cc(O)n(-c2ccccc2O)c1. The van der Waals surface area contributed by atoms with E-state index >= 15 is 0 Å². The van der Waals surface area contributed by atoms with Crippen molar-refractivity contribution >= 4 is 12.2 Å². The summed E-state index contributed by atoms with van der Waals surface area (Å²) in [6.45, 7) is 0. The van der Waals surface area contributed by atoms with Crippen LogP contribution in [-0.4, -0.2) is 27.0 Å². The smallest absolute Gasteiger partial charge is 0.211 e. The molecular formula is C12H13N5O2. The third-order valence-corrected chi connectivity index (χ3v) is 2.34. The van der Waals surface area contributed by atoms with Crippen molar-refractivity contribution in [1.82, 2.24) is 4.57 Å². The summed E-state index contributed by atoms with van der Waals surface area (Å²) in [6.07, 6.45) is 2.98. The first-order valence-electron chi connectivity index (χ1n) is 5.39. The van der Waals surface area contributed by atoms with Gasteiger partial charge in [0, 0.05) is 17.8 Å². The van der Waals surface area contributed by atoms with Gasteiger partial charge in [0.05, 0.1) is 11.9 Å². The fourth-order valence-corrected chi connectivity index (χ4v) is 1.56. The number of phenols is 1. The molecule has 1 heterocycles. The van der Waals surface area contributed by atoms with E-state index in [0.717, 1.165) is 0 Å². The Balaban J connectivity index is 2.35. The Morgan fingerprint density at radius 1 is 1.21 bits per heavy atom. The number of phenolic OH excluding ortho intramolecular Hbond substituents is 1. The van der Waals surface area contributed by atoms with E-state index in [1.165, 1.54) is 22.9 Å². The number of hydrogen-bond acceptors (Lipinski definition) is 4. The average Bonchev–Trinajstić information content (AvgIpc) is 2.70. The normalized spacial score (nSPS) is 10.7. The second kappa shape index (κ2) is 5.13. The monoisotopic (exact) mass is 259 g/mol. The molecule has 0 aliphatic heterocycles. The molecule has 1 aromatic heterocycles. The zero-order valence-corrected chi connectivity index (χ0v) is 9.93. The minimum Gasteiger partial charge on any atom is -0.506 e. The van der Waals surface area contributed by atoms with Crippen LogP contribution in [0.4, 0.5) is 0 Å². The molecule has 0 atom stereocenters. The lowest BCUT2D eigenvalue weighted by Crippen LogP contribution is -2.21. The summed E-state index contributed by atoms with van der Waals surface area (Å²) in [5, 5.41) is 26.6. The molecule has 0 aliphatic rings. The van der Waals surface area contributed by atoms with Crippen molar-refractivity contribution in [3.05, 3.63) is 42.1 Å². The molecule has 7 nitrogen and oxygen atoms in total. The highest BCUT2D eigenvalue weighted by Gasteiger charge is 2.08. The molecule has 0 amide bonds. The molecule has 1 aromatic carbocycles. The maximum Gasteiger partial charge on any atom is 0.211 e. The van der Waals surface area contributed by atoms with Crippen LogP contribution in [-0.2, 0) is 0 Å². The zero-order valence-electron chi connectivity index (χ0n) is 9.93. The first-order chi connectivity index (χ1) is 9.08. The standard InChI is InChI=1S/C12H13N5O2/c13-12(14)16-15-6-8-5-11(19)17(7-8)9-3-1-2-4-10(9)18/h1-7,18-19H,(H4,13,14,16). The highest BCUT2D eigenvalue weighted by atomic mass is 16.3. The van der Waals surface area contributed by atoms with Crippen LogP contribution in [0.2, 0.25) is 0 Å². The lowest BCUT2D eigenvalue weighted by molar-refractivity contribution is 0.434. The Hall–Kier alpha value is -2.96. The molecular weight excluding hydrogens is 246 g/mol. The van der Waals surface area contributed by atoms with Gasteiger partial charge in [-0.25, -0.2) is 0 Å². The summed E-state index contributed by atoms with van der Waals surface area (Å²) in [6, 6.07) is 8.12. The molecule has 98 valence electrons. The Kier molecular flexibility index (Phi) is 3.37. The van der Waals surface area contributed by atoms with Gasteiger partial charge in [-0.15, -0.1) is 5.10 Å². The highest BCUT2D eigenvalue weighted by Crippen LogP contribution is 2.26. The van der Waals surface area contributed by atoms with Crippen molar-refractivity contribution in [3.63, 3.8) is 0 Å². The fourth-order valence-electron chi connectivity index (χ4n) is 1.56. The number of guanidine groups is 1. The molecule has 0 aliphatic carbocycles. The lowest BCUT2D eigenvalue weighted by atomic mass is 10.3. The number of nitrogens with zero attached hydrogens (tertiary/aromatic N) is 3. The summed E-state index contributed by atoms with van der Waals surface area (Å²) in [7, 11) is 0. The molecule has 2 rings (SSSR count). The quantitative estimate of drug-likeness (QED) is 0.364. The second-order valence-corrected chi connectivity index (χ2v) is 3.76. The van der Waals surface area contributed by atoms with Gasteiger partial charge in [0.25, 0.3) is 0 Å². The Bertz CT molecular complexity index is 641. The van der Waals surface area contributed by atoms with E-state index in [1.54, 1.807) is 24.4 Å². The third kappa shape index (κ3) is 2.83. The molecule has 0 fully saturated rings. The van der Waals surface area contributed by atoms with Crippen LogP contribution in [0.15, 0.2) is 46.7 Å². The number of hydrogen-bond donors (Lipinski definition) is 4. The molecule has 0 saturated carbocycles. The van der Waals surface area contributed by atoms with Crippen molar-refractivity contribution in [3.8, 4) is 17.3 Å². The van der Waals surface area contributed by atoms with Gasteiger partial charge in [-0.05, 0) is 12.1 Å². The summed E-state index contributed by atoms with van der Waals surface area (Å²) in [4.78, 5) is 0.